The number of hydrogen-bond donors (Lipinski definition) is 1. The molecule has 4 aromatic carbocycles. The summed E-state index contributed by atoms with van der Waals surface area (Å²) in [6.07, 6.45) is 5.84. The third kappa shape index (κ3) is 7.36. The van der Waals surface area contributed by atoms with Gasteiger partial charge < -0.3 is 15.0 Å². The van der Waals surface area contributed by atoms with Gasteiger partial charge in [0.2, 0.25) is 5.91 Å². The molecule has 1 saturated carbocycles. The molecule has 4 aromatic rings. The van der Waals surface area contributed by atoms with Gasteiger partial charge in [0.1, 0.15) is 11.8 Å². The van der Waals surface area contributed by atoms with Gasteiger partial charge in [0.15, 0.2) is 6.61 Å². The first-order valence-electron chi connectivity index (χ1n) is 14.5. The van der Waals surface area contributed by atoms with Crippen LogP contribution in [0.1, 0.15) is 48.8 Å². The van der Waals surface area contributed by atoms with Gasteiger partial charge in [-0.3, -0.25) is 9.59 Å². The second-order valence-electron chi connectivity index (χ2n) is 10.9. The number of carbonyl (C=O) groups is 2. The summed E-state index contributed by atoms with van der Waals surface area (Å²) in [5, 5.41) is 5.40. The average Bonchev–Trinajstić information content (AvgIpc) is 3.00. The molecule has 1 N–H and O–H groups in total. The number of nitrogens with one attached hydrogen (secondary N) is 1. The lowest BCUT2D eigenvalue weighted by Gasteiger charge is -2.33. The van der Waals surface area contributed by atoms with E-state index in [0.29, 0.717) is 18.7 Å². The molecule has 0 aliphatic heterocycles. The highest BCUT2D eigenvalue weighted by molar-refractivity contribution is 9.10. The van der Waals surface area contributed by atoms with Crippen molar-refractivity contribution in [2.75, 3.05) is 6.61 Å². The molecule has 1 aliphatic rings. The maximum Gasteiger partial charge on any atom is 0.261 e. The number of halogens is 1. The monoisotopic (exact) mass is 612 g/mol. The molecule has 41 heavy (non-hydrogen) atoms. The number of benzene rings is 4. The molecule has 6 heteroatoms. The summed E-state index contributed by atoms with van der Waals surface area (Å²) in [6, 6.07) is 29.3. The fraction of sp³-hybridized carbons (Fsp3) is 0.314. The highest BCUT2D eigenvalue weighted by Gasteiger charge is 2.32. The molecule has 0 saturated heterocycles. The van der Waals surface area contributed by atoms with Crippen molar-refractivity contribution in [3.05, 3.63) is 112 Å². The zero-order chi connectivity index (χ0) is 28.6. The quantitative estimate of drug-likeness (QED) is 0.203. The van der Waals surface area contributed by atoms with Crippen molar-refractivity contribution in [1.82, 2.24) is 10.2 Å². The van der Waals surface area contributed by atoms with Crippen LogP contribution in [0.25, 0.3) is 10.8 Å². The van der Waals surface area contributed by atoms with Crippen LogP contribution in [0.5, 0.6) is 5.75 Å². The lowest BCUT2D eigenvalue weighted by atomic mass is 9.94. The number of fused-ring (bicyclic) bond motifs is 1. The number of aryl methyl sites for hydroxylation is 1. The largest absolute Gasteiger partial charge is 0.483 e. The van der Waals surface area contributed by atoms with Crippen molar-refractivity contribution in [2.45, 2.75) is 64.1 Å². The zero-order valence-corrected chi connectivity index (χ0v) is 25.1. The fourth-order valence-electron chi connectivity index (χ4n) is 5.62. The molecule has 212 valence electrons. The minimum absolute atomic E-state index is 0.102. The van der Waals surface area contributed by atoms with Crippen LogP contribution in [0.15, 0.2) is 95.5 Å². The third-order valence-corrected chi connectivity index (χ3v) is 8.82. The van der Waals surface area contributed by atoms with Crippen LogP contribution in [0.3, 0.4) is 0 Å². The highest BCUT2D eigenvalue weighted by Crippen LogP contribution is 2.33. The van der Waals surface area contributed by atoms with Gasteiger partial charge in [0.25, 0.3) is 5.91 Å². The fourth-order valence-corrected chi connectivity index (χ4v) is 6.22. The topological polar surface area (TPSA) is 58.6 Å². The van der Waals surface area contributed by atoms with E-state index >= 15 is 0 Å². The molecule has 1 fully saturated rings. The van der Waals surface area contributed by atoms with Crippen molar-refractivity contribution in [3.8, 4) is 5.75 Å². The van der Waals surface area contributed by atoms with E-state index in [-0.39, 0.29) is 24.5 Å². The first kappa shape index (κ1) is 28.9. The van der Waals surface area contributed by atoms with Crippen LogP contribution < -0.4 is 10.1 Å². The lowest BCUT2D eigenvalue weighted by Crippen LogP contribution is -2.53. The summed E-state index contributed by atoms with van der Waals surface area (Å²) in [6.45, 7) is 2.18. The molecular weight excluding hydrogens is 576 g/mol. The Bertz CT molecular complexity index is 1480. The van der Waals surface area contributed by atoms with Crippen molar-refractivity contribution in [2.24, 2.45) is 0 Å². The average molecular weight is 614 g/mol. The van der Waals surface area contributed by atoms with Gasteiger partial charge in [0.05, 0.1) is 4.47 Å². The normalized spacial score (nSPS) is 14.4. The number of carbonyl (C=O) groups excluding carboxylic acids is 2. The maximum atomic E-state index is 14.0. The Labute approximate surface area is 251 Å². The van der Waals surface area contributed by atoms with Crippen molar-refractivity contribution in [3.63, 3.8) is 0 Å². The number of nitrogens with zero attached hydrogens (tertiary/aromatic N) is 1. The smallest absolute Gasteiger partial charge is 0.261 e. The van der Waals surface area contributed by atoms with E-state index in [4.69, 9.17) is 4.74 Å². The van der Waals surface area contributed by atoms with Crippen LogP contribution in [-0.2, 0) is 22.6 Å². The van der Waals surface area contributed by atoms with E-state index in [1.807, 2.05) is 97.9 Å². The Morgan fingerprint density at radius 1 is 0.902 bits per heavy atom. The number of ether oxygens (including phenoxy) is 1. The summed E-state index contributed by atoms with van der Waals surface area (Å²) in [5.41, 5.74) is 3.10. The minimum Gasteiger partial charge on any atom is -0.483 e. The predicted octanol–water partition coefficient (Wildman–Crippen LogP) is 7.38. The molecule has 0 unspecified atom stereocenters. The molecule has 5 nitrogen and oxygen atoms in total. The third-order valence-electron chi connectivity index (χ3n) is 8.00. The molecule has 0 heterocycles. The van der Waals surface area contributed by atoms with Gasteiger partial charge in [-0.15, -0.1) is 0 Å². The lowest BCUT2D eigenvalue weighted by molar-refractivity contribution is -0.143. The molecule has 0 spiro atoms. The first-order valence-corrected chi connectivity index (χ1v) is 15.3. The van der Waals surface area contributed by atoms with Crippen LogP contribution in [0, 0.1) is 6.92 Å². The summed E-state index contributed by atoms with van der Waals surface area (Å²) >= 11 is 3.67. The number of rotatable bonds is 10. The maximum absolute atomic E-state index is 14.0. The van der Waals surface area contributed by atoms with E-state index in [9.17, 15) is 9.59 Å². The van der Waals surface area contributed by atoms with Crippen LogP contribution in [0.4, 0.5) is 0 Å². The van der Waals surface area contributed by atoms with Gasteiger partial charge in [-0.1, -0.05) is 104 Å². The predicted molar refractivity (Wildman–Crippen MR) is 168 cm³/mol. The van der Waals surface area contributed by atoms with E-state index in [1.165, 1.54) is 6.42 Å². The molecular formula is C35H37BrN2O3. The van der Waals surface area contributed by atoms with Crippen LogP contribution >= 0.6 is 15.9 Å². The van der Waals surface area contributed by atoms with E-state index in [1.54, 1.807) is 4.90 Å². The van der Waals surface area contributed by atoms with Crippen molar-refractivity contribution in [1.29, 1.82) is 0 Å². The van der Waals surface area contributed by atoms with E-state index in [2.05, 4.69) is 21.2 Å². The SMILES string of the molecule is Cc1ccccc1CN(C(=O)COc1ccc2ccccc2c1Br)[C@H](Cc1ccccc1)C(=O)NC1CCCCC1. The second kappa shape index (κ2) is 13.8. The van der Waals surface area contributed by atoms with Crippen LogP contribution in [0.2, 0.25) is 0 Å². The van der Waals surface area contributed by atoms with Crippen molar-refractivity contribution < 1.29 is 14.3 Å². The van der Waals surface area contributed by atoms with Gasteiger partial charge in [-0.25, -0.2) is 0 Å². The van der Waals surface area contributed by atoms with Gasteiger partial charge in [-0.2, -0.15) is 0 Å². The highest BCUT2D eigenvalue weighted by atomic mass is 79.9. The number of hydrogen-bond acceptors (Lipinski definition) is 3. The number of amides is 2. The molecule has 0 bridgehead atoms. The summed E-state index contributed by atoms with van der Waals surface area (Å²) in [7, 11) is 0. The standard InChI is InChI=1S/C35H37BrN2O3/c1-25-12-8-9-16-28(25)23-38(33(39)24-41-32-21-20-27-15-10-11-19-30(27)34(32)36)31(22-26-13-4-2-5-14-26)35(40)37-29-17-6-3-7-18-29/h2,4-5,8-16,19-21,29,31H,3,6-7,17-18,22-24H2,1H3,(H,37,40)/t31-/m1/s1. The molecule has 5 rings (SSSR count). The Hall–Kier alpha value is -3.64. The zero-order valence-electron chi connectivity index (χ0n) is 23.5. The Balaban J connectivity index is 1.44. The summed E-state index contributed by atoms with van der Waals surface area (Å²) < 4.78 is 6.93. The molecule has 1 atom stereocenters. The van der Waals surface area contributed by atoms with E-state index in [0.717, 1.165) is 57.6 Å². The van der Waals surface area contributed by atoms with E-state index < -0.39 is 6.04 Å². The first-order chi connectivity index (χ1) is 20.0. The second-order valence-corrected chi connectivity index (χ2v) is 11.7. The van der Waals surface area contributed by atoms with Gasteiger partial charge in [-0.05, 0) is 69.2 Å². The molecule has 0 radical (unpaired) electrons. The Morgan fingerprint density at radius 2 is 1.61 bits per heavy atom. The molecule has 2 amide bonds. The minimum atomic E-state index is -0.671. The molecule has 1 aliphatic carbocycles. The Morgan fingerprint density at radius 3 is 2.39 bits per heavy atom. The summed E-state index contributed by atoms with van der Waals surface area (Å²) in [5.74, 6) is 0.266. The summed E-state index contributed by atoms with van der Waals surface area (Å²) in [4.78, 5) is 29.7. The Kier molecular flexibility index (Phi) is 9.73. The van der Waals surface area contributed by atoms with Gasteiger partial charge in [0, 0.05) is 19.0 Å². The van der Waals surface area contributed by atoms with Gasteiger partial charge >= 0.3 is 0 Å². The molecule has 0 aromatic heterocycles. The van der Waals surface area contributed by atoms with Crippen molar-refractivity contribution >= 4 is 38.5 Å². The van der Waals surface area contributed by atoms with Crippen LogP contribution in [-0.4, -0.2) is 35.4 Å².